The van der Waals surface area contributed by atoms with Crippen molar-refractivity contribution in [2.75, 3.05) is 39.3 Å². The van der Waals surface area contributed by atoms with Gasteiger partial charge < -0.3 is 0 Å². The third kappa shape index (κ3) is 6.19. The second kappa shape index (κ2) is 10.5. The molecule has 1 aromatic heterocycles. The third-order valence-corrected chi connectivity index (χ3v) is 8.89. The highest BCUT2D eigenvalue weighted by Gasteiger charge is 2.33. The van der Waals surface area contributed by atoms with Crippen molar-refractivity contribution in [3.05, 3.63) is 59.2 Å². The van der Waals surface area contributed by atoms with E-state index < -0.39 is 27.7 Å². The van der Waals surface area contributed by atoms with Crippen LogP contribution in [0.15, 0.2) is 41.4 Å². The highest BCUT2D eigenvalue weighted by molar-refractivity contribution is 7.89. The lowest BCUT2D eigenvalue weighted by atomic mass is 10.0. The van der Waals surface area contributed by atoms with Gasteiger partial charge in [-0.2, -0.15) is 17.5 Å². The summed E-state index contributed by atoms with van der Waals surface area (Å²) in [5.41, 5.74) is 0.396. The molecule has 0 aliphatic carbocycles. The summed E-state index contributed by atoms with van der Waals surface area (Å²) in [5, 5.41) is 0. The van der Waals surface area contributed by atoms with Crippen molar-refractivity contribution in [2.24, 2.45) is 0 Å². The molecule has 0 atom stereocenters. The lowest BCUT2D eigenvalue weighted by molar-refractivity contribution is -0.141. The van der Waals surface area contributed by atoms with E-state index in [1.54, 1.807) is 6.92 Å². The standard InChI is InChI=1S/C24H30F4N4O2S/c1-18-3-5-20(25)15-22(18)35(33,34)32-10-2-9-31(13-14-32)21-7-11-30(12-8-21)17-19-4-6-23(29-16-19)24(26,27)28/h3-6,15-16,21H,2,7-14,17H2,1H3. The Morgan fingerprint density at radius 1 is 1.00 bits per heavy atom. The topological polar surface area (TPSA) is 56.8 Å². The first-order valence-electron chi connectivity index (χ1n) is 11.8. The van der Waals surface area contributed by atoms with Gasteiger partial charge in [0.05, 0.1) is 4.90 Å². The maximum atomic E-state index is 13.7. The highest BCUT2D eigenvalue weighted by atomic mass is 32.2. The quantitative estimate of drug-likeness (QED) is 0.567. The molecule has 0 bridgehead atoms. The van der Waals surface area contributed by atoms with Crippen LogP contribution in [0, 0.1) is 12.7 Å². The molecule has 0 N–H and O–H groups in total. The molecule has 3 heterocycles. The van der Waals surface area contributed by atoms with Gasteiger partial charge in [-0.3, -0.25) is 14.8 Å². The second-order valence-electron chi connectivity index (χ2n) is 9.26. The van der Waals surface area contributed by atoms with Crippen LogP contribution in [0.4, 0.5) is 17.6 Å². The number of hydrogen-bond donors (Lipinski definition) is 0. The predicted octanol–water partition coefficient (Wildman–Crippen LogP) is 3.91. The van der Waals surface area contributed by atoms with Gasteiger partial charge in [-0.15, -0.1) is 0 Å². The Bertz CT molecular complexity index is 1120. The minimum atomic E-state index is -4.44. The number of piperidine rings is 1. The Morgan fingerprint density at radius 2 is 1.74 bits per heavy atom. The number of rotatable bonds is 5. The van der Waals surface area contributed by atoms with Crippen molar-refractivity contribution in [3.8, 4) is 0 Å². The molecule has 2 fully saturated rings. The first kappa shape index (κ1) is 26.0. The Morgan fingerprint density at radius 3 is 2.40 bits per heavy atom. The lowest BCUT2D eigenvalue weighted by Gasteiger charge is -2.38. The largest absolute Gasteiger partial charge is 0.433 e. The molecule has 2 aliphatic rings. The molecule has 11 heteroatoms. The summed E-state index contributed by atoms with van der Waals surface area (Å²) in [6, 6.07) is 6.67. The van der Waals surface area contributed by atoms with Gasteiger partial charge in [0.25, 0.3) is 0 Å². The molecule has 6 nitrogen and oxygen atoms in total. The predicted molar refractivity (Wildman–Crippen MR) is 124 cm³/mol. The van der Waals surface area contributed by atoms with E-state index in [-0.39, 0.29) is 4.90 Å². The average molecular weight is 515 g/mol. The molecule has 0 saturated carbocycles. The van der Waals surface area contributed by atoms with E-state index in [0.29, 0.717) is 44.2 Å². The Hall–Kier alpha value is -2.08. The molecule has 0 spiro atoms. The fourth-order valence-electron chi connectivity index (χ4n) is 4.90. The number of halogens is 4. The van der Waals surface area contributed by atoms with E-state index in [2.05, 4.69) is 14.8 Å². The van der Waals surface area contributed by atoms with Crippen LogP contribution < -0.4 is 0 Å². The second-order valence-corrected chi connectivity index (χ2v) is 11.2. The van der Waals surface area contributed by atoms with E-state index in [4.69, 9.17) is 0 Å². The molecule has 4 rings (SSSR count). The van der Waals surface area contributed by atoms with E-state index in [1.807, 2.05) is 0 Å². The number of sulfonamides is 1. The van der Waals surface area contributed by atoms with Crippen molar-refractivity contribution >= 4 is 10.0 Å². The van der Waals surface area contributed by atoms with Crippen LogP contribution in [0.25, 0.3) is 0 Å². The van der Waals surface area contributed by atoms with Gasteiger partial charge in [-0.1, -0.05) is 12.1 Å². The highest BCUT2D eigenvalue weighted by Crippen LogP contribution is 2.28. The first-order valence-corrected chi connectivity index (χ1v) is 13.2. The molecule has 0 radical (unpaired) electrons. The number of hydrogen-bond acceptors (Lipinski definition) is 5. The van der Waals surface area contributed by atoms with Gasteiger partial charge in [0.15, 0.2) is 0 Å². The normalized spacial score (nSPS) is 20.1. The number of benzene rings is 1. The van der Waals surface area contributed by atoms with Crippen LogP contribution in [-0.4, -0.2) is 72.8 Å². The molecule has 192 valence electrons. The van der Waals surface area contributed by atoms with Crippen molar-refractivity contribution in [1.82, 2.24) is 19.1 Å². The molecular formula is C24H30F4N4O2S. The zero-order valence-corrected chi connectivity index (χ0v) is 20.5. The van der Waals surface area contributed by atoms with E-state index in [0.717, 1.165) is 50.2 Å². The Labute approximate surface area is 203 Å². The van der Waals surface area contributed by atoms with Crippen molar-refractivity contribution in [2.45, 2.75) is 49.8 Å². The maximum Gasteiger partial charge on any atom is 0.433 e. The number of aryl methyl sites for hydroxylation is 1. The van der Waals surface area contributed by atoms with Gasteiger partial charge in [-0.25, -0.2) is 12.8 Å². The molecule has 2 aromatic rings. The van der Waals surface area contributed by atoms with Crippen molar-refractivity contribution in [3.63, 3.8) is 0 Å². The van der Waals surface area contributed by atoms with Gasteiger partial charge in [-0.05, 0) is 75.1 Å². The summed E-state index contributed by atoms with van der Waals surface area (Å²) >= 11 is 0. The summed E-state index contributed by atoms with van der Waals surface area (Å²) in [6.07, 6.45) is -0.632. The molecule has 0 unspecified atom stereocenters. The lowest BCUT2D eigenvalue weighted by Crippen LogP contribution is -2.46. The van der Waals surface area contributed by atoms with Crippen LogP contribution in [0.3, 0.4) is 0 Å². The number of pyridine rings is 1. The van der Waals surface area contributed by atoms with Crippen molar-refractivity contribution in [1.29, 1.82) is 0 Å². The monoisotopic (exact) mass is 514 g/mol. The van der Waals surface area contributed by atoms with Crippen LogP contribution in [0.1, 0.15) is 36.1 Å². The third-order valence-electron chi connectivity index (χ3n) is 6.85. The number of nitrogens with zero attached hydrogens (tertiary/aromatic N) is 4. The summed E-state index contributed by atoms with van der Waals surface area (Å²) < 4.78 is 79.6. The molecule has 35 heavy (non-hydrogen) atoms. The van der Waals surface area contributed by atoms with Crippen LogP contribution in [0.2, 0.25) is 0 Å². The van der Waals surface area contributed by atoms with Gasteiger partial charge in [0, 0.05) is 38.4 Å². The van der Waals surface area contributed by atoms with E-state index >= 15 is 0 Å². The smallest absolute Gasteiger partial charge is 0.299 e. The zero-order valence-electron chi connectivity index (χ0n) is 19.6. The maximum absolute atomic E-state index is 13.7. The van der Waals surface area contributed by atoms with Crippen molar-refractivity contribution < 1.29 is 26.0 Å². The number of likely N-dealkylation sites (tertiary alicyclic amines) is 1. The van der Waals surface area contributed by atoms with Crippen LogP contribution in [-0.2, 0) is 22.7 Å². The SMILES string of the molecule is Cc1ccc(F)cc1S(=O)(=O)N1CCCN(C2CCN(Cc3ccc(C(F)(F)F)nc3)CC2)CC1. The minimum absolute atomic E-state index is 0.0250. The summed E-state index contributed by atoms with van der Waals surface area (Å²) in [5.74, 6) is -0.565. The zero-order chi connectivity index (χ0) is 25.2. The average Bonchev–Trinajstić information content (AvgIpc) is 3.08. The number of aromatic nitrogens is 1. The number of alkyl halides is 3. The summed E-state index contributed by atoms with van der Waals surface area (Å²) in [4.78, 5) is 8.11. The molecule has 2 aliphatic heterocycles. The molecular weight excluding hydrogens is 484 g/mol. The minimum Gasteiger partial charge on any atom is -0.299 e. The van der Waals surface area contributed by atoms with E-state index in [9.17, 15) is 26.0 Å². The van der Waals surface area contributed by atoms with Gasteiger partial charge in [0.1, 0.15) is 11.5 Å². The first-order chi connectivity index (χ1) is 16.5. The van der Waals surface area contributed by atoms with Crippen LogP contribution >= 0.6 is 0 Å². The molecule has 2 saturated heterocycles. The molecule has 1 aromatic carbocycles. The van der Waals surface area contributed by atoms with E-state index in [1.165, 1.54) is 28.7 Å². The summed E-state index contributed by atoms with van der Waals surface area (Å²) in [7, 11) is -3.77. The fraction of sp³-hybridized carbons (Fsp3) is 0.542. The Balaban J connectivity index is 1.30. The Kier molecular flexibility index (Phi) is 7.80. The summed E-state index contributed by atoms with van der Waals surface area (Å²) in [6.45, 7) is 6.01. The van der Waals surface area contributed by atoms with Gasteiger partial charge in [0.2, 0.25) is 10.0 Å². The molecule has 0 amide bonds. The fourth-order valence-corrected chi connectivity index (χ4v) is 6.60. The van der Waals surface area contributed by atoms with Crippen LogP contribution in [0.5, 0.6) is 0 Å². The van der Waals surface area contributed by atoms with Gasteiger partial charge >= 0.3 is 6.18 Å².